The average Bonchev–Trinajstić information content (AvgIpc) is 3.00. The number of hydrogen-bond acceptors (Lipinski definition) is 7. The lowest BCUT2D eigenvalue weighted by atomic mass is 9.87. The molecule has 0 bridgehead atoms. The van der Waals surface area contributed by atoms with Crippen molar-refractivity contribution in [2.45, 2.75) is 39.0 Å². The quantitative estimate of drug-likeness (QED) is 0.636. The minimum atomic E-state index is -0.587. The molecule has 3 heterocycles. The average molecular weight is 435 g/mol. The normalized spacial score (nSPS) is 17.2. The standard InChI is InChI=1S/C20H24ClFN6O2/c1-9-15-19(23)24-8-25-20(15)28(26-9)10(2)13-5-14(21)17(22)16(18(13)30-4)12-6-27(7-12)11(3)29/h5,8,10-12,29H,6-7H2,1-4H3,(H2,23,24,25). The summed E-state index contributed by atoms with van der Waals surface area (Å²) in [6, 6.07) is 1.22. The van der Waals surface area contributed by atoms with Crippen molar-refractivity contribution >= 4 is 28.5 Å². The van der Waals surface area contributed by atoms with Crippen LogP contribution in [0.4, 0.5) is 10.2 Å². The van der Waals surface area contributed by atoms with Crippen molar-refractivity contribution in [1.82, 2.24) is 24.6 Å². The van der Waals surface area contributed by atoms with Crippen LogP contribution in [0.1, 0.15) is 42.6 Å². The molecule has 8 nitrogen and oxygen atoms in total. The number of benzene rings is 1. The minimum Gasteiger partial charge on any atom is -0.496 e. The van der Waals surface area contributed by atoms with Crippen LogP contribution in [0.3, 0.4) is 0 Å². The lowest BCUT2D eigenvalue weighted by Crippen LogP contribution is -2.50. The van der Waals surface area contributed by atoms with Gasteiger partial charge in [0.1, 0.15) is 29.9 Å². The topological polar surface area (TPSA) is 102 Å². The third-order valence-corrected chi connectivity index (χ3v) is 6.07. The van der Waals surface area contributed by atoms with E-state index >= 15 is 4.39 Å². The first-order valence-electron chi connectivity index (χ1n) is 9.67. The molecule has 0 saturated carbocycles. The molecule has 1 aromatic carbocycles. The van der Waals surface area contributed by atoms with Crippen LogP contribution in [-0.4, -0.2) is 56.2 Å². The van der Waals surface area contributed by atoms with Gasteiger partial charge < -0.3 is 15.6 Å². The van der Waals surface area contributed by atoms with Gasteiger partial charge in [-0.25, -0.2) is 19.0 Å². The van der Waals surface area contributed by atoms with Crippen molar-refractivity contribution in [2.75, 3.05) is 25.9 Å². The highest BCUT2D eigenvalue weighted by Gasteiger charge is 2.37. The summed E-state index contributed by atoms with van der Waals surface area (Å²) in [4.78, 5) is 10.2. The van der Waals surface area contributed by atoms with E-state index in [9.17, 15) is 5.11 Å². The zero-order valence-electron chi connectivity index (χ0n) is 17.2. The predicted octanol–water partition coefficient (Wildman–Crippen LogP) is 2.86. The fourth-order valence-electron chi connectivity index (χ4n) is 4.12. The first-order chi connectivity index (χ1) is 14.2. The van der Waals surface area contributed by atoms with Gasteiger partial charge in [-0.05, 0) is 26.8 Å². The number of fused-ring (bicyclic) bond motifs is 1. The van der Waals surface area contributed by atoms with E-state index in [-0.39, 0.29) is 17.0 Å². The Kier molecular flexibility index (Phi) is 5.29. The van der Waals surface area contributed by atoms with Gasteiger partial charge in [0.05, 0.1) is 29.3 Å². The van der Waals surface area contributed by atoms with Crippen LogP contribution in [0.2, 0.25) is 5.02 Å². The van der Waals surface area contributed by atoms with Crippen LogP contribution in [0.15, 0.2) is 12.4 Å². The minimum absolute atomic E-state index is 0.0190. The Morgan fingerprint density at radius 1 is 1.33 bits per heavy atom. The zero-order chi connectivity index (χ0) is 21.7. The number of aryl methyl sites for hydroxylation is 1. The van der Waals surface area contributed by atoms with Gasteiger partial charge >= 0.3 is 0 Å². The summed E-state index contributed by atoms with van der Waals surface area (Å²) >= 11 is 6.28. The lowest BCUT2D eigenvalue weighted by molar-refractivity contribution is -0.0341. The Labute approximate surface area is 178 Å². The SMILES string of the molecule is COc1c(C(C)n2nc(C)c3c(N)ncnc32)cc(Cl)c(F)c1C1CN(C(C)O)C1. The third-order valence-electron chi connectivity index (χ3n) is 5.80. The second kappa shape index (κ2) is 7.64. The maximum atomic E-state index is 15.1. The summed E-state index contributed by atoms with van der Waals surface area (Å²) in [6.07, 6.45) is 0.804. The van der Waals surface area contributed by atoms with Crippen molar-refractivity contribution in [1.29, 1.82) is 0 Å². The summed E-state index contributed by atoms with van der Waals surface area (Å²) in [5, 5.41) is 15.0. The maximum Gasteiger partial charge on any atom is 0.164 e. The Morgan fingerprint density at radius 2 is 2.03 bits per heavy atom. The maximum absolute atomic E-state index is 15.1. The number of methoxy groups -OCH3 is 1. The van der Waals surface area contributed by atoms with Crippen LogP contribution < -0.4 is 10.5 Å². The van der Waals surface area contributed by atoms with Gasteiger partial charge in [0.25, 0.3) is 0 Å². The fraction of sp³-hybridized carbons (Fsp3) is 0.450. The molecule has 0 aliphatic carbocycles. The van der Waals surface area contributed by atoms with E-state index in [2.05, 4.69) is 15.1 Å². The van der Waals surface area contributed by atoms with E-state index in [4.69, 9.17) is 22.1 Å². The molecular formula is C20H24ClFN6O2. The number of rotatable bonds is 5. The molecule has 1 aliphatic rings. The van der Waals surface area contributed by atoms with Crippen molar-refractivity contribution in [3.05, 3.63) is 40.1 Å². The number of halogens is 2. The number of anilines is 1. The summed E-state index contributed by atoms with van der Waals surface area (Å²) in [5.41, 5.74) is 8.41. The van der Waals surface area contributed by atoms with Crippen LogP contribution >= 0.6 is 11.6 Å². The van der Waals surface area contributed by atoms with Crippen LogP contribution in [-0.2, 0) is 0 Å². The van der Waals surface area contributed by atoms with Crippen molar-refractivity contribution in [3.63, 3.8) is 0 Å². The van der Waals surface area contributed by atoms with Crippen LogP contribution in [0, 0.1) is 12.7 Å². The zero-order valence-corrected chi connectivity index (χ0v) is 18.0. The number of ether oxygens (including phenoxy) is 1. The molecule has 3 N–H and O–H groups in total. The lowest BCUT2D eigenvalue weighted by Gasteiger charge is -2.42. The number of nitrogens with two attached hydrogens (primary N) is 1. The highest BCUT2D eigenvalue weighted by molar-refractivity contribution is 6.31. The Morgan fingerprint density at radius 3 is 2.67 bits per heavy atom. The number of nitrogens with zero attached hydrogens (tertiary/aromatic N) is 5. The van der Waals surface area contributed by atoms with E-state index < -0.39 is 12.0 Å². The first kappa shape index (κ1) is 20.8. The molecule has 3 aromatic rings. The second-order valence-electron chi connectivity index (χ2n) is 7.65. The van der Waals surface area contributed by atoms with E-state index in [1.165, 1.54) is 13.4 Å². The third kappa shape index (κ3) is 3.17. The summed E-state index contributed by atoms with van der Waals surface area (Å²) < 4.78 is 22.4. The molecule has 0 spiro atoms. The fourth-order valence-corrected chi connectivity index (χ4v) is 4.34. The molecule has 30 heavy (non-hydrogen) atoms. The molecule has 4 rings (SSSR count). The molecule has 0 radical (unpaired) electrons. The molecule has 1 aliphatic heterocycles. The molecule has 0 amide bonds. The number of likely N-dealkylation sites (tertiary alicyclic amines) is 1. The van der Waals surface area contributed by atoms with Gasteiger partial charge in [-0.3, -0.25) is 4.90 Å². The Bertz CT molecular complexity index is 1110. The highest BCUT2D eigenvalue weighted by atomic mass is 35.5. The molecule has 10 heteroatoms. The number of nitrogen functional groups attached to an aromatic ring is 1. The van der Waals surface area contributed by atoms with E-state index in [0.29, 0.717) is 52.5 Å². The molecule has 1 saturated heterocycles. The molecule has 2 unspecified atom stereocenters. The Balaban J connectivity index is 1.83. The van der Waals surface area contributed by atoms with Gasteiger partial charge in [-0.15, -0.1) is 0 Å². The molecule has 2 atom stereocenters. The highest BCUT2D eigenvalue weighted by Crippen LogP contribution is 2.43. The Hall–Kier alpha value is -2.49. The molecule has 160 valence electrons. The summed E-state index contributed by atoms with van der Waals surface area (Å²) in [7, 11) is 1.51. The van der Waals surface area contributed by atoms with E-state index in [1.807, 2.05) is 18.7 Å². The smallest absolute Gasteiger partial charge is 0.164 e. The molecule has 1 fully saturated rings. The van der Waals surface area contributed by atoms with Crippen molar-refractivity contribution in [3.8, 4) is 5.75 Å². The summed E-state index contributed by atoms with van der Waals surface area (Å²) in [6.45, 7) is 6.49. The summed E-state index contributed by atoms with van der Waals surface area (Å²) in [5.74, 6) is 0.164. The van der Waals surface area contributed by atoms with Crippen molar-refractivity contribution < 1.29 is 14.2 Å². The van der Waals surface area contributed by atoms with Gasteiger partial charge in [0.2, 0.25) is 0 Å². The number of aliphatic hydroxyl groups is 1. The molecular weight excluding hydrogens is 411 g/mol. The second-order valence-corrected chi connectivity index (χ2v) is 8.06. The van der Waals surface area contributed by atoms with Gasteiger partial charge in [0, 0.05) is 30.1 Å². The van der Waals surface area contributed by atoms with Crippen molar-refractivity contribution in [2.24, 2.45) is 0 Å². The van der Waals surface area contributed by atoms with Gasteiger partial charge in [-0.1, -0.05) is 11.6 Å². The van der Waals surface area contributed by atoms with E-state index in [1.54, 1.807) is 17.7 Å². The van der Waals surface area contributed by atoms with Gasteiger partial charge in [0.15, 0.2) is 5.65 Å². The van der Waals surface area contributed by atoms with Gasteiger partial charge in [-0.2, -0.15) is 5.10 Å². The monoisotopic (exact) mass is 434 g/mol. The largest absolute Gasteiger partial charge is 0.496 e. The van der Waals surface area contributed by atoms with E-state index in [0.717, 1.165) is 0 Å². The number of aromatic nitrogens is 4. The number of aliphatic hydroxyl groups excluding tert-OH is 1. The number of hydrogen-bond donors (Lipinski definition) is 2. The first-order valence-corrected chi connectivity index (χ1v) is 10.1. The van der Waals surface area contributed by atoms with Crippen LogP contribution in [0.25, 0.3) is 11.0 Å². The van der Waals surface area contributed by atoms with Crippen LogP contribution in [0.5, 0.6) is 5.75 Å². The molecule has 2 aromatic heterocycles. The predicted molar refractivity (Wildman–Crippen MR) is 112 cm³/mol.